The highest BCUT2D eigenvalue weighted by Crippen LogP contribution is 2.40. The van der Waals surface area contributed by atoms with Crippen molar-refractivity contribution >= 4 is 39.5 Å². The summed E-state index contributed by atoms with van der Waals surface area (Å²) in [7, 11) is 1.76. The van der Waals surface area contributed by atoms with Gasteiger partial charge in [-0.1, -0.05) is 11.6 Å². The lowest BCUT2D eigenvalue weighted by atomic mass is 9.97. The number of nitrogens with zero attached hydrogens (tertiary/aromatic N) is 6. The summed E-state index contributed by atoms with van der Waals surface area (Å²) in [5, 5.41) is 13.7. The molecule has 2 aliphatic rings. The van der Waals surface area contributed by atoms with Crippen molar-refractivity contribution < 1.29 is 0 Å². The highest BCUT2D eigenvalue weighted by molar-refractivity contribution is 6.38. The number of anilines is 1. The SMILES string of the molecule is CCn1cc2c(Cl)c(-c3[nH]nc4nc(N5[C@H]6CC[C@@H]5[C@H](N)C6)n(C)c(=O)c34)ccc2n1. The Hall–Kier alpha value is -2.91. The Kier molecular flexibility index (Phi) is 3.97. The van der Waals surface area contributed by atoms with Crippen molar-refractivity contribution in [1.82, 2.24) is 29.5 Å². The highest BCUT2D eigenvalue weighted by atomic mass is 35.5. The van der Waals surface area contributed by atoms with Gasteiger partial charge < -0.3 is 10.6 Å². The van der Waals surface area contributed by atoms with Gasteiger partial charge in [0.25, 0.3) is 5.56 Å². The Morgan fingerprint density at radius 1 is 1.32 bits per heavy atom. The number of hydrogen-bond acceptors (Lipinski definition) is 6. The molecule has 4 aromatic rings. The minimum atomic E-state index is -0.149. The molecule has 0 aliphatic carbocycles. The minimum Gasteiger partial charge on any atom is -0.335 e. The third-order valence-electron chi connectivity index (χ3n) is 6.85. The van der Waals surface area contributed by atoms with Crippen molar-refractivity contribution in [3.05, 3.63) is 33.7 Å². The molecule has 0 spiro atoms. The van der Waals surface area contributed by atoms with E-state index in [9.17, 15) is 4.79 Å². The molecule has 0 radical (unpaired) electrons. The molecule has 9 nitrogen and oxygen atoms in total. The lowest BCUT2D eigenvalue weighted by Gasteiger charge is -2.25. The lowest BCUT2D eigenvalue weighted by molar-refractivity contribution is 0.503. The fourth-order valence-corrected chi connectivity index (χ4v) is 5.58. The van der Waals surface area contributed by atoms with Gasteiger partial charge in [0.2, 0.25) is 5.95 Å². The van der Waals surface area contributed by atoms with Gasteiger partial charge >= 0.3 is 0 Å². The molecule has 2 fully saturated rings. The predicted octanol–water partition coefficient (Wildman–Crippen LogP) is 2.42. The molecular weight excluding hydrogens is 416 g/mol. The Balaban J connectivity index is 1.53. The Morgan fingerprint density at radius 3 is 2.87 bits per heavy atom. The van der Waals surface area contributed by atoms with Gasteiger partial charge in [-0.15, -0.1) is 0 Å². The molecule has 0 saturated carbocycles. The standard InChI is InChI=1S/C21H23ClN8O/c1-3-29-9-12-14(27-29)6-5-11(17(12)22)18-16-19(26-25-18)24-21(28(2)20(16)31)30-10-4-7-15(30)13(23)8-10/h5-6,9-10,13,15H,3-4,7-8,23H2,1-2H3,(H,25,26)/t10-,13+,15+/m0/s1. The zero-order valence-electron chi connectivity index (χ0n) is 17.3. The lowest BCUT2D eigenvalue weighted by Crippen LogP contribution is -2.40. The highest BCUT2D eigenvalue weighted by Gasteiger charge is 2.46. The molecule has 3 aromatic heterocycles. The number of fused-ring (bicyclic) bond motifs is 4. The number of rotatable bonds is 3. The van der Waals surface area contributed by atoms with E-state index in [1.54, 1.807) is 11.6 Å². The summed E-state index contributed by atoms with van der Waals surface area (Å²) in [6.45, 7) is 2.78. The van der Waals surface area contributed by atoms with Crippen LogP contribution in [0.1, 0.15) is 26.2 Å². The maximum atomic E-state index is 13.4. The van der Waals surface area contributed by atoms with E-state index >= 15 is 0 Å². The van der Waals surface area contributed by atoms with Crippen LogP contribution in [0.2, 0.25) is 5.02 Å². The number of aryl methyl sites for hydroxylation is 1. The molecule has 0 amide bonds. The van der Waals surface area contributed by atoms with E-state index in [4.69, 9.17) is 22.3 Å². The zero-order chi connectivity index (χ0) is 21.4. The monoisotopic (exact) mass is 438 g/mol. The average Bonchev–Trinajstić information content (AvgIpc) is 3.52. The van der Waals surface area contributed by atoms with Crippen LogP contribution >= 0.6 is 11.6 Å². The van der Waals surface area contributed by atoms with E-state index in [1.807, 2.05) is 29.9 Å². The second-order valence-corrected chi connectivity index (χ2v) is 8.90. The number of H-pyrrole nitrogens is 1. The minimum absolute atomic E-state index is 0.121. The largest absolute Gasteiger partial charge is 0.335 e. The summed E-state index contributed by atoms with van der Waals surface area (Å²) in [6.07, 6.45) is 4.97. The van der Waals surface area contributed by atoms with Gasteiger partial charge in [0, 0.05) is 48.9 Å². The predicted molar refractivity (Wildman–Crippen MR) is 120 cm³/mol. The van der Waals surface area contributed by atoms with Crippen LogP contribution < -0.4 is 16.2 Å². The quantitative estimate of drug-likeness (QED) is 0.508. The third kappa shape index (κ3) is 2.53. The first kappa shape index (κ1) is 18.8. The first-order chi connectivity index (χ1) is 15.0. The van der Waals surface area contributed by atoms with Gasteiger partial charge in [0.15, 0.2) is 5.65 Å². The summed E-state index contributed by atoms with van der Waals surface area (Å²) in [5.74, 6) is 0.641. The molecule has 31 heavy (non-hydrogen) atoms. The van der Waals surface area contributed by atoms with Gasteiger partial charge in [-0.3, -0.25) is 19.1 Å². The molecule has 3 N–H and O–H groups in total. The van der Waals surface area contributed by atoms with Crippen LogP contribution in [-0.2, 0) is 13.6 Å². The number of hydrogen-bond donors (Lipinski definition) is 2. The maximum absolute atomic E-state index is 13.4. The van der Waals surface area contributed by atoms with E-state index < -0.39 is 0 Å². The van der Waals surface area contributed by atoms with E-state index in [1.165, 1.54) is 0 Å². The van der Waals surface area contributed by atoms with Crippen molar-refractivity contribution in [1.29, 1.82) is 0 Å². The first-order valence-corrected chi connectivity index (χ1v) is 11.0. The van der Waals surface area contributed by atoms with E-state index in [0.717, 1.165) is 36.7 Å². The normalized spacial score (nSPS) is 23.0. The van der Waals surface area contributed by atoms with Gasteiger partial charge in [-0.2, -0.15) is 15.2 Å². The molecular formula is C21H23ClN8O. The summed E-state index contributed by atoms with van der Waals surface area (Å²) in [6, 6.07) is 4.46. The second-order valence-electron chi connectivity index (χ2n) is 8.52. The van der Waals surface area contributed by atoms with Crippen LogP contribution in [0.25, 0.3) is 33.2 Å². The van der Waals surface area contributed by atoms with Crippen molar-refractivity contribution in [3.8, 4) is 11.3 Å². The van der Waals surface area contributed by atoms with E-state index in [-0.39, 0.29) is 17.6 Å². The van der Waals surface area contributed by atoms with Crippen molar-refractivity contribution in [2.75, 3.05) is 4.90 Å². The number of aromatic nitrogens is 6. The van der Waals surface area contributed by atoms with Gasteiger partial charge in [0.1, 0.15) is 5.39 Å². The second kappa shape index (κ2) is 6.54. The third-order valence-corrected chi connectivity index (χ3v) is 7.26. The molecule has 2 bridgehead atoms. The molecule has 160 valence electrons. The van der Waals surface area contributed by atoms with E-state index in [2.05, 4.69) is 20.2 Å². The molecule has 2 aliphatic heterocycles. The fourth-order valence-electron chi connectivity index (χ4n) is 5.28. The summed E-state index contributed by atoms with van der Waals surface area (Å²) in [5.41, 5.74) is 8.65. The summed E-state index contributed by atoms with van der Waals surface area (Å²) < 4.78 is 3.46. The topological polar surface area (TPSA) is 111 Å². The van der Waals surface area contributed by atoms with Crippen LogP contribution in [-0.4, -0.2) is 47.7 Å². The van der Waals surface area contributed by atoms with Crippen LogP contribution in [0.3, 0.4) is 0 Å². The van der Waals surface area contributed by atoms with Crippen molar-refractivity contribution in [2.24, 2.45) is 12.8 Å². The van der Waals surface area contributed by atoms with E-state index in [0.29, 0.717) is 39.3 Å². The van der Waals surface area contributed by atoms with Crippen LogP contribution in [0.15, 0.2) is 23.1 Å². The maximum Gasteiger partial charge on any atom is 0.266 e. The summed E-state index contributed by atoms with van der Waals surface area (Å²) in [4.78, 5) is 20.4. The fraction of sp³-hybridized carbons (Fsp3) is 0.429. The smallest absolute Gasteiger partial charge is 0.266 e. The van der Waals surface area contributed by atoms with Gasteiger partial charge in [-0.05, 0) is 38.3 Å². The summed E-state index contributed by atoms with van der Waals surface area (Å²) >= 11 is 6.74. The van der Waals surface area contributed by atoms with Crippen LogP contribution in [0, 0.1) is 0 Å². The number of nitrogens with one attached hydrogen (secondary N) is 1. The first-order valence-electron chi connectivity index (χ1n) is 10.6. The number of aromatic amines is 1. The van der Waals surface area contributed by atoms with Crippen molar-refractivity contribution in [2.45, 2.75) is 50.9 Å². The zero-order valence-corrected chi connectivity index (χ0v) is 18.1. The molecule has 6 rings (SSSR count). The van der Waals surface area contributed by atoms with Crippen LogP contribution in [0.5, 0.6) is 0 Å². The Morgan fingerprint density at radius 2 is 2.16 bits per heavy atom. The number of halogens is 1. The van der Waals surface area contributed by atoms with Crippen LogP contribution in [0.4, 0.5) is 5.95 Å². The van der Waals surface area contributed by atoms with Gasteiger partial charge in [0.05, 0.1) is 16.2 Å². The molecule has 1 aromatic carbocycles. The number of nitrogens with two attached hydrogens (primary N) is 1. The average molecular weight is 439 g/mol. The Bertz CT molecular complexity index is 1400. The van der Waals surface area contributed by atoms with Gasteiger partial charge in [-0.25, -0.2) is 0 Å². The number of benzene rings is 1. The molecule has 5 heterocycles. The van der Waals surface area contributed by atoms with Crippen molar-refractivity contribution in [3.63, 3.8) is 0 Å². The molecule has 0 unspecified atom stereocenters. The molecule has 2 saturated heterocycles. The molecule has 3 atom stereocenters. The molecule has 10 heteroatoms. The Labute approximate surface area is 182 Å².